The average Bonchev–Trinajstić information content (AvgIpc) is 2.84. The molecule has 0 bridgehead atoms. The van der Waals surface area contributed by atoms with Crippen LogP contribution in [0.15, 0.2) is 35.8 Å². The third-order valence-electron chi connectivity index (χ3n) is 2.74. The number of nitrogens with two attached hydrogens (primary N) is 1. The Morgan fingerprint density at radius 1 is 1.29 bits per heavy atom. The Labute approximate surface area is 106 Å². The average molecular weight is 247 g/mol. The van der Waals surface area contributed by atoms with E-state index in [4.69, 9.17) is 5.73 Å². The predicted octanol–water partition coefficient (Wildman–Crippen LogP) is 2.75. The molecule has 90 valence electrons. The maximum absolute atomic E-state index is 5.96. The molecule has 0 amide bonds. The second-order valence-electron chi connectivity index (χ2n) is 3.93. The second kappa shape index (κ2) is 5.80. The number of anilines is 1. The second-order valence-corrected chi connectivity index (χ2v) is 4.91. The standard InChI is InChI=1S/C13H17N3S/c1-2-16(10-13-15-7-8-17-13)9-11-5-3-4-6-12(11)14/h3-8H,2,9-10,14H2,1H3. The van der Waals surface area contributed by atoms with Gasteiger partial charge in [0, 0.05) is 23.8 Å². The molecule has 0 unspecified atom stereocenters. The van der Waals surface area contributed by atoms with Crippen LogP contribution in [0.5, 0.6) is 0 Å². The Morgan fingerprint density at radius 2 is 2.12 bits per heavy atom. The largest absolute Gasteiger partial charge is 0.398 e. The van der Waals surface area contributed by atoms with Gasteiger partial charge >= 0.3 is 0 Å². The zero-order valence-corrected chi connectivity index (χ0v) is 10.8. The van der Waals surface area contributed by atoms with E-state index in [0.717, 1.165) is 30.3 Å². The molecule has 0 aliphatic rings. The molecule has 1 aromatic carbocycles. The van der Waals surface area contributed by atoms with Gasteiger partial charge in [0.15, 0.2) is 0 Å². The van der Waals surface area contributed by atoms with E-state index in [1.807, 2.05) is 29.8 Å². The van der Waals surface area contributed by atoms with Crippen LogP contribution in [0, 0.1) is 0 Å². The molecule has 0 aliphatic carbocycles. The van der Waals surface area contributed by atoms with Gasteiger partial charge in [0.25, 0.3) is 0 Å². The summed E-state index contributed by atoms with van der Waals surface area (Å²) in [6.45, 7) is 4.92. The van der Waals surface area contributed by atoms with Gasteiger partial charge in [-0.25, -0.2) is 4.98 Å². The van der Waals surface area contributed by atoms with Crippen molar-refractivity contribution in [3.8, 4) is 0 Å². The Balaban J connectivity index is 2.03. The molecule has 17 heavy (non-hydrogen) atoms. The van der Waals surface area contributed by atoms with Crippen LogP contribution in [0.1, 0.15) is 17.5 Å². The van der Waals surface area contributed by atoms with Crippen molar-refractivity contribution in [3.05, 3.63) is 46.4 Å². The van der Waals surface area contributed by atoms with E-state index < -0.39 is 0 Å². The van der Waals surface area contributed by atoms with Crippen LogP contribution in [0.4, 0.5) is 5.69 Å². The van der Waals surface area contributed by atoms with Crippen molar-refractivity contribution in [2.45, 2.75) is 20.0 Å². The van der Waals surface area contributed by atoms with Gasteiger partial charge in [-0.3, -0.25) is 4.90 Å². The lowest BCUT2D eigenvalue weighted by molar-refractivity contribution is 0.271. The number of benzene rings is 1. The van der Waals surface area contributed by atoms with E-state index in [-0.39, 0.29) is 0 Å². The third kappa shape index (κ3) is 3.28. The van der Waals surface area contributed by atoms with Crippen LogP contribution >= 0.6 is 11.3 Å². The van der Waals surface area contributed by atoms with Crippen molar-refractivity contribution in [1.82, 2.24) is 9.88 Å². The minimum Gasteiger partial charge on any atom is -0.398 e. The molecule has 0 saturated heterocycles. The van der Waals surface area contributed by atoms with Crippen molar-refractivity contribution in [1.29, 1.82) is 0 Å². The van der Waals surface area contributed by atoms with Crippen LogP contribution < -0.4 is 5.73 Å². The summed E-state index contributed by atoms with van der Waals surface area (Å²) in [6, 6.07) is 8.03. The zero-order valence-electron chi connectivity index (χ0n) is 9.97. The number of thiazole rings is 1. The molecule has 3 nitrogen and oxygen atoms in total. The molecule has 0 spiro atoms. The van der Waals surface area contributed by atoms with E-state index in [1.165, 1.54) is 5.56 Å². The first-order chi connectivity index (χ1) is 8.29. The first kappa shape index (κ1) is 12.1. The topological polar surface area (TPSA) is 42.2 Å². The molecule has 4 heteroatoms. The summed E-state index contributed by atoms with van der Waals surface area (Å²) in [4.78, 5) is 6.65. The maximum atomic E-state index is 5.96. The fourth-order valence-electron chi connectivity index (χ4n) is 1.72. The first-order valence-corrected chi connectivity index (χ1v) is 6.61. The van der Waals surface area contributed by atoms with Gasteiger partial charge in [-0.05, 0) is 18.2 Å². The molecule has 0 saturated carbocycles. The van der Waals surface area contributed by atoms with Gasteiger partial charge in [-0.15, -0.1) is 11.3 Å². The van der Waals surface area contributed by atoms with E-state index in [0.29, 0.717) is 0 Å². The number of hydrogen-bond donors (Lipinski definition) is 1. The summed E-state index contributed by atoms with van der Waals surface area (Å²) in [7, 11) is 0. The van der Waals surface area contributed by atoms with E-state index in [1.54, 1.807) is 11.3 Å². The highest BCUT2D eigenvalue weighted by Crippen LogP contribution is 2.15. The monoisotopic (exact) mass is 247 g/mol. The SMILES string of the molecule is CCN(Cc1nccs1)Cc1ccccc1N. The highest BCUT2D eigenvalue weighted by atomic mass is 32.1. The van der Waals surface area contributed by atoms with Gasteiger partial charge in [0.1, 0.15) is 5.01 Å². The van der Waals surface area contributed by atoms with Gasteiger partial charge in [-0.2, -0.15) is 0 Å². The van der Waals surface area contributed by atoms with Crippen LogP contribution in [0.25, 0.3) is 0 Å². The zero-order chi connectivity index (χ0) is 12.1. The minimum absolute atomic E-state index is 0.866. The van der Waals surface area contributed by atoms with Crippen molar-refractivity contribution in [2.75, 3.05) is 12.3 Å². The Bertz CT molecular complexity index is 453. The lowest BCUT2D eigenvalue weighted by Gasteiger charge is -2.20. The lowest BCUT2D eigenvalue weighted by Crippen LogP contribution is -2.22. The quantitative estimate of drug-likeness (QED) is 0.826. The fraction of sp³-hybridized carbons (Fsp3) is 0.308. The van der Waals surface area contributed by atoms with Crippen LogP contribution in [-0.4, -0.2) is 16.4 Å². The van der Waals surface area contributed by atoms with Crippen molar-refractivity contribution >= 4 is 17.0 Å². The highest BCUT2D eigenvalue weighted by Gasteiger charge is 2.08. The first-order valence-electron chi connectivity index (χ1n) is 5.73. The molecule has 0 fully saturated rings. The smallest absolute Gasteiger partial charge is 0.107 e. The maximum Gasteiger partial charge on any atom is 0.107 e. The molecule has 2 aromatic rings. The predicted molar refractivity (Wildman–Crippen MR) is 72.8 cm³/mol. The van der Waals surface area contributed by atoms with Crippen LogP contribution in [0.3, 0.4) is 0 Å². The van der Waals surface area contributed by atoms with Crippen molar-refractivity contribution < 1.29 is 0 Å². The molecule has 1 heterocycles. The minimum atomic E-state index is 0.866. The van der Waals surface area contributed by atoms with Gasteiger partial charge in [0.2, 0.25) is 0 Å². The molecular weight excluding hydrogens is 230 g/mol. The molecule has 1 aromatic heterocycles. The fourth-order valence-corrected chi connectivity index (χ4v) is 2.38. The molecular formula is C13H17N3S. The van der Waals surface area contributed by atoms with Gasteiger partial charge in [0.05, 0.1) is 6.54 Å². The number of para-hydroxylation sites is 1. The lowest BCUT2D eigenvalue weighted by atomic mass is 10.1. The third-order valence-corrected chi connectivity index (χ3v) is 3.50. The summed E-state index contributed by atoms with van der Waals surface area (Å²) in [5.41, 5.74) is 8.01. The number of rotatable bonds is 5. The number of aromatic nitrogens is 1. The van der Waals surface area contributed by atoms with Crippen LogP contribution in [0.2, 0.25) is 0 Å². The normalized spacial score (nSPS) is 10.9. The number of nitrogen functional groups attached to an aromatic ring is 1. The van der Waals surface area contributed by atoms with Gasteiger partial charge in [-0.1, -0.05) is 25.1 Å². The number of hydrogen-bond acceptors (Lipinski definition) is 4. The highest BCUT2D eigenvalue weighted by molar-refractivity contribution is 7.09. The summed E-state index contributed by atoms with van der Waals surface area (Å²) in [6.07, 6.45) is 1.85. The molecule has 0 aliphatic heterocycles. The summed E-state index contributed by atoms with van der Waals surface area (Å²) >= 11 is 1.70. The van der Waals surface area contributed by atoms with Crippen molar-refractivity contribution in [3.63, 3.8) is 0 Å². The summed E-state index contributed by atoms with van der Waals surface area (Å²) < 4.78 is 0. The van der Waals surface area contributed by atoms with E-state index >= 15 is 0 Å². The molecule has 2 rings (SSSR count). The molecule has 0 atom stereocenters. The Morgan fingerprint density at radius 3 is 2.76 bits per heavy atom. The van der Waals surface area contributed by atoms with E-state index in [2.05, 4.69) is 22.9 Å². The van der Waals surface area contributed by atoms with E-state index in [9.17, 15) is 0 Å². The van der Waals surface area contributed by atoms with Crippen LogP contribution in [-0.2, 0) is 13.1 Å². The summed E-state index contributed by atoms with van der Waals surface area (Å²) in [5, 5.41) is 3.17. The summed E-state index contributed by atoms with van der Waals surface area (Å²) in [5.74, 6) is 0. The molecule has 2 N–H and O–H groups in total. The number of nitrogens with zero attached hydrogens (tertiary/aromatic N) is 2. The van der Waals surface area contributed by atoms with Gasteiger partial charge < -0.3 is 5.73 Å². The Kier molecular flexibility index (Phi) is 4.12. The van der Waals surface area contributed by atoms with Crippen molar-refractivity contribution in [2.24, 2.45) is 0 Å². The molecule has 0 radical (unpaired) electrons. The Hall–Kier alpha value is -1.39.